The molecule has 1 fully saturated rings. The van der Waals surface area contributed by atoms with Gasteiger partial charge in [0.1, 0.15) is 5.52 Å². The van der Waals surface area contributed by atoms with Gasteiger partial charge in [-0.25, -0.2) is 0 Å². The molecule has 0 spiro atoms. The molecule has 4 heteroatoms. The minimum atomic E-state index is 0.158. The molecule has 0 aromatic carbocycles. The summed E-state index contributed by atoms with van der Waals surface area (Å²) in [6, 6.07) is 2.06. The van der Waals surface area contributed by atoms with Gasteiger partial charge >= 0.3 is 0 Å². The van der Waals surface area contributed by atoms with Crippen LogP contribution in [0.15, 0.2) is 17.1 Å². The molecule has 2 aliphatic rings. The van der Waals surface area contributed by atoms with Crippen molar-refractivity contribution in [1.29, 1.82) is 0 Å². The van der Waals surface area contributed by atoms with Crippen LogP contribution in [0.3, 0.4) is 0 Å². The number of nitrogens with zero attached hydrogens (tertiary/aromatic N) is 2. The SMILES string of the molecule is O=c1c2[nH]ccc2c(N2CCCC2)c2n1CCC2. The van der Waals surface area contributed by atoms with Crippen molar-refractivity contribution >= 4 is 16.6 Å². The molecule has 18 heavy (non-hydrogen) atoms. The molecule has 0 unspecified atom stereocenters. The lowest BCUT2D eigenvalue weighted by Crippen LogP contribution is -2.26. The van der Waals surface area contributed by atoms with Gasteiger partial charge < -0.3 is 14.5 Å². The van der Waals surface area contributed by atoms with Crippen LogP contribution in [-0.4, -0.2) is 22.6 Å². The first-order valence-corrected chi connectivity index (χ1v) is 6.84. The van der Waals surface area contributed by atoms with Gasteiger partial charge in [-0.2, -0.15) is 0 Å². The van der Waals surface area contributed by atoms with E-state index >= 15 is 0 Å². The Bertz CT molecular complexity index is 661. The highest BCUT2D eigenvalue weighted by Gasteiger charge is 2.25. The van der Waals surface area contributed by atoms with Gasteiger partial charge in [0.05, 0.1) is 5.69 Å². The fourth-order valence-corrected chi connectivity index (χ4v) is 3.47. The number of nitrogens with one attached hydrogen (secondary N) is 1. The molecule has 1 N–H and O–H groups in total. The van der Waals surface area contributed by atoms with Crippen molar-refractivity contribution < 1.29 is 0 Å². The standard InChI is InChI=1S/C14H17N3O/c18-14-12-10(5-6-15-12)13(16-7-1-2-8-16)11-4-3-9-17(11)14/h5-6,15H,1-4,7-9H2. The van der Waals surface area contributed by atoms with E-state index in [0.29, 0.717) is 0 Å². The van der Waals surface area contributed by atoms with Crippen LogP contribution in [0.25, 0.3) is 10.9 Å². The van der Waals surface area contributed by atoms with E-state index in [9.17, 15) is 4.79 Å². The number of pyridine rings is 1. The van der Waals surface area contributed by atoms with E-state index in [1.54, 1.807) is 0 Å². The molecule has 2 aromatic rings. The number of H-pyrrole nitrogens is 1. The van der Waals surface area contributed by atoms with E-state index in [0.717, 1.165) is 43.4 Å². The molecule has 4 nitrogen and oxygen atoms in total. The zero-order chi connectivity index (χ0) is 12.1. The highest BCUT2D eigenvalue weighted by molar-refractivity contribution is 5.93. The Morgan fingerprint density at radius 3 is 2.78 bits per heavy atom. The minimum Gasteiger partial charge on any atom is -0.370 e. The van der Waals surface area contributed by atoms with Crippen molar-refractivity contribution in [3.8, 4) is 0 Å². The average molecular weight is 243 g/mol. The van der Waals surface area contributed by atoms with Gasteiger partial charge in [-0.3, -0.25) is 4.79 Å². The van der Waals surface area contributed by atoms with Gasteiger partial charge in [-0.15, -0.1) is 0 Å². The summed E-state index contributed by atoms with van der Waals surface area (Å²) in [4.78, 5) is 17.9. The highest BCUT2D eigenvalue weighted by Crippen LogP contribution is 2.34. The third kappa shape index (κ3) is 1.23. The van der Waals surface area contributed by atoms with E-state index in [1.807, 2.05) is 10.8 Å². The van der Waals surface area contributed by atoms with Crippen molar-refractivity contribution in [3.63, 3.8) is 0 Å². The third-order valence-electron chi connectivity index (χ3n) is 4.28. The van der Waals surface area contributed by atoms with E-state index in [-0.39, 0.29) is 5.56 Å². The molecular formula is C14H17N3O. The second-order valence-corrected chi connectivity index (χ2v) is 5.32. The Labute approximate surface area is 105 Å². The predicted molar refractivity (Wildman–Crippen MR) is 72.3 cm³/mol. The summed E-state index contributed by atoms with van der Waals surface area (Å²) >= 11 is 0. The van der Waals surface area contributed by atoms with Gasteiger partial charge in [0.25, 0.3) is 5.56 Å². The number of fused-ring (bicyclic) bond motifs is 2. The summed E-state index contributed by atoms with van der Waals surface area (Å²) in [7, 11) is 0. The summed E-state index contributed by atoms with van der Waals surface area (Å²) in [6.45, 7) is 3.14. The number of anilines is 1. The molecule has 0 bridgehead atoms. The van der Waals surface area contributed by atoms with Gasteiger partial charge in [0.2, 0.25) is 0 Å². The molecule has 94 valence electrons. The molecule has 2 aliphatic heterocycles. The summed E-state index contributed by atoms with van der Waals surface area (Å²) < 4.78 is 1.98. The lowest BCUT2D eigenvalue weighted by Gasteiger charge is -2.22. The molecule has 0 radical (unpaired) electrons. The van der Waals surface area contributed by atoms with E-state index < -0.39 is 0 Å². The molecule has 0 atom stereocenters. The molecule has 0 amide bonds. The lowest BCUT2D eigenvalue weighted by atomic mass is 10.1. The fourth-order valence-electron chi connectivity index (χ4n) is 3.47. The van der Waals surface area contributed by atoms with Crippen LogP contribution in [0.2, 0.25) is 0 Å². The van der Waals surface area contributed by atoms with Crippen LogP contribution in [0, 0.1) is 0 Å². The van der Waals surface area contributed by atoms with E-state index in [4.69, 9.17) is 0 Å². The number of hydrogen-bond donors (Lipinski definition) is 1. The maximum atomic E-state index is 12.4. The Balaban J connectivity index is 2.07. The monoisotopic (exact) mass is 243 g/mol. The lowest BCUT2D eigenvalue weighted by molar-refractivity contribution is 0.724. The molecule has 4 rings (SSSR count). The molecule has 1 saturated heterocycles. The van der Waals surface area contributed by atoms with Gasteiger partial charge in [0.15, 0.2) is 0 Å². The second-order valence-electron chi connectivity index (χ2n) is 5.32. The van der Waals surface area contributed by atoms with Crippen molar-refractivity contribution in [2.45, 2.75) is 32.2 Å². The van der Waals surface area contributed by atoms with Crippen LogP contribution in [0.4, 0.5) is 5.69 Å². The first-order valence-electron chi connectivity index (χ1n) is 6.84. The van der Waals surface area contributed by atoms with Crippen molar-refractivity contribution in [1.82, 2.24) is 9.55 Å². The maximum Gasteiger partial charge on any atom is 0.275 e. The first kappa shape index (κ1) is 10.2. The van der Waals surface area contributed by atoms with E-state index in [1.165, 1.54) is 24.2 Å². The molecule has 0 saturated carbocycles. The molecular weight excluding hydrogens is 226 g/mol. The van der Waals surface area contributed by atoms with Crippen LogP contribution in [0.5, 0.6) is 0 Å². The fraction of sp³-hybridized carbons (Fsp3) is 0.500. The second kappa shape index (κ2) is 3.64. The highest BCUT2D eigenvalue weighted by atomic mass is 16.1. The van der Waals surface area contributed by atoms with Crippen LogP contribution in [0.1, 0.15) is 25.0 Å². The van der Waals surface area contributed by atoms with Gasteiger partial charge in [0, 0.05) is 36.9 Å². The van der Waals surface area contributed by atoms with Crippen LogP contribution < -0.4 is 10.5 Å². The summed E-state index contributed by atoms with van der Waals surface area (Å²) in [5.41, 5.74) is 3.52. The van der Waals surface area contributed by atoms with Crippen molar-refractivity contribution in [2.24, 2.45) is 0 Å². The quantitative estimate of drug-likeness (QED) is 0.830. The zero-order valence-electron chi connectivity index (χ0n) is 10.4. The average Bonchev–Trinajstić information content (AvgIpc) is 3.11. The number of rotatable bonds is 1. The number of hydrogen-bond acceptors (Lipinski definition) is 2. The third-order valence-corrected chi connectivity index (χ3v) is 4.28. The first-order chi connectivity index (χ1) is 8.86. The summed E-state index contributed by atoms with van der Waals surface area (Å²) in [6.07, 6.45) is 6.57. The Morgan fingerprint density at radius 2 is 1.94 bits per heavy atom. The molecule has 0 aliphatic carbocycles. The topological polar surface area (TPSA) is 41.0 Å². The number of aromatic nitrogens is 2. The Morgan fingerprint density at radius 1 is 1.11 bits per heavy atom. The molecule has 4 heterocycles. The summed E-state index contributed by atoms with van der Waals surface area (Å²) in [5, 5.41) is 1.12. The largest absolute Gasteiger partial charge is 0.370 e. The predicted octanol–water partition coefficient (Wildman–Crippen LogP) is 1.88. The Hall–Kier alpha value is -1.71. The maximum absolute atomic E-state index is 12.4. The molecule has 2 aromatic heterocycles. The summed E-state index contributed by atoms with van der Waals surface area (Å²) in [5.74, 6) is 0. The Kier molecular flexibility index (Phi) is 2.07. The zero-order valence-corrected chi connectivity index (χ0v) is 10.4. The van der Waals surface area contributed by atoms with E-state index in [2.05, 4.69) is 16.0 Å². The van der Waals surface area contributed by atoms with Gasteiger partial charge in [-0.05, 0) is 31.7 Å². The van der Waals surface area contributed by atoms with Crippen molar-refractivity contribution in [3.05, 3.63) is 28.3 Å². The van der Waals surface area contributed by atoms with Gasteiger partial charge in [-0.1, -0.05) is 0 Å². The van der Waals surface area contributed by atoms with Crippen LogP contribution in [-0.2, 0) is 13.0 Å². The minimum absolute atomic E-state index is 0.158. The van der Waals surface area contributed by atoms with Crippen LogP contribution >= 0.6 is 0 Å². The number of aromatic amines is 1. The normalized spacial score (nSPS) is 18.8. The smallest absolute Gasteiger partial charge is 0.275 e. The van der Waals surface area contributed by atoms with Crippen molar-refractivity contribution in [2.75, 3.05) is 18.0 Å².